The molecule has 2 N–H and O–H groups in total. The molecule has 2 amide bonds. The van der Waals surface area contributed by atoms with Gasteiger partial charge in [-0.3, -0.25) is 14.5 Å². The molecule has 1 atom stereocenters. The van der Waals surface area contributed by atoms with Gasteiger partial charge in [0.25, 0.3) is 5.91 Å². The van der Waals surface area contributed by atoms with Gasteiger partial charge in [-0.15, -0.1) is 4.91 Å². The van der Waals surface area contributed by atoms with Crippen LogP contribution in [-0.2, 0) is 37.2 Å². The molecule has 0 radical (unpaired) electrons. The van der Waals surface area contributed by atoms with E-state index >= 15 is 0 Å². The van der Waals surface area contributed by atoms with Gasteiger partial charge in [-0.25, -0.2) is 13.4 Å². The summed E-state index contributed by atoms with van der Waals surface area (Å²) < 4.78 is 39.0. The molecule has 3 aliphatic heterocycles. The first-order valence-corrected chi connectivity index (χ1v) is 23.2. The van der Waals surface area contributed by atoms with Crippen LogP contribution in [0.25, 0.3) is 11.0 Å². The van der Waals surface area contributed by atoms with Crippen molar-refractivity contribution >= 4 is 44.1 Å². The van der Waals surface area contributed by atoms with Crippen molar-refractivity contribution in [1.29, 1.82) is 0 Å². The summed E-state index contributed by atoms with van der Waals surface area (Å²) >= 11 is 0. The number of anilines is 2. The van der Waals surface area contributed by atoms with Crippen LogP contribution in [0, 0.1) is 16.7 Å². The molecule has 0 aliphatic carbocycles. The van der Waals surface area contributed by atoms with E-state index in [1.165, 1.54) is 23.3 Å². The lowest BCUT2D eigenvalue weighted by molar-refractivity contribution is -0.138. The monoisotopic (exact) mass is 878 g/mol. The summed E-state index contributed by atoms with van der Waals surface area (Å²) in [5.74, 6) is -0.188. The highest BCUT2D eigenvalue weighted by atomic mass is 32.2. The Morgan fingerprint density at radius 1 is 0.984 bits per heavy atom. The number of ether oxygens (including phenoxy) is 2. The van der Waals surface area contributed by atoms with Crippen LogP contribution in [0.5, 0.6) is 11.5 Å². The van der Waals surface area contributed by atoms with Crippen LogP contribution >= 0.6 is 0 Å². The minimum atomic E-state index is -3.96. The maximum atomic E-state index is 13.9. The predicted molar refractivity (Wildman–Crippen MR) is 239 cm³/mol. The number of aromatic nitrogens is 2. The van der Waals surface area contributed by atoms with Crippen molar-refractivity contribution in [1.82, 2.24) is 25.1 Å². The SMILES string of the molecule is CC(C)C(=O)N1Cc2ccccc2C[C@@H]1CN1CCN(c2ccc(C(=O)NCS(=O)(=O)c3ccc(N(CON=O)CC4CCOCC4)cc3)c(Oc3cnc4[nH]ccc4c3)c2)CC1. The highest BCUT2D eigenvalue weighted by molar-refractivity contribution is 7.91. The maximum absolute atomic E-state index is 13.9. The number of H-pyrrole nitrogens is 1. The van der Waals surface area contributed by atoms with Gasteiger partial charge in [-0.05, 0) is 84.8 Å². The zero-order valence-corrected chi connectivity index (χ0v) is 36.5. The van der Waals surface area contributed by atoms with Crippen molar-refractivity contribution in [2.24, 2.45) is 17.2 Å². The molecule has 17 heteroatoms. The van der Waals surface area contributed by atoms with Gasteiger partial charge in [0, 0.05) is 100 Å². The minimum absolute atomic E-state index is 0.0244. The maximum Gasteiger partial charge on any atom is 0.255 e. The van der Waals surface area contributed by atoms with Crippen LogP contribution in [0.3, 0.4) is 0 Å². The third-order valence-electron chi connectivity index (χ3n) is 12.2. The number of hydrogen-bond donors (Lipinski definition) is 2. The second-order valence-corrected chi connectivity index (χ2v) is 18.8. The van der Waals surface area contributed by atoms with Crippen LogP contribution < -0.4 is 19.9 Å². The van der Waals surface area contributed by atoms with E-state index in [0.29, 0.717) is 62.4 Å². The molecular formula is C46H54N8O8S. The van der Waals surface area contributed by atoms with Crippen molar-refractivity contribution in [3.8, 4) is 11.5 Å². The lowest BCUT2D eigenvalue weighted by Gasteiger charge is -2.43. The fourth-order valence-electron chi connectivity index (χ4n) is 8.68. The summed E-state index contributed by atoms with van der Waals surface area (Å²) in [5, 5.41) is 5.98. The third kappa shape index (κ3) is 10.4. The summed E-state index contributed by atoms with van der Waals surface area (Å²) in [4.78, 5) is 58.9. The summed E-state index contributed by atoms with van der Waals surface area (Å²) in [6.07, 6.45) is 5.90. The number of aromatic amines is 1. The molecule has 332 valence electrons. The topological polar surface area (TPSA) is 179 Å². The molecule has 0 spiro atoms. The van der Waals surface area contributed by atoms with Crippen molar-refractivity contribution in [3.05, 3.63) is 113 Å². The number of fused-ring (bicyclic) bond motifs is 2. The zero-order valence-electron chi connectivity index (χ0n) is 35.6. The summed E-state index contributed by atoms with van der Waals surface area (Å²) in [6.45, 7) is 10.1. The number of rotatable bonds is 16. The van der Waals surface area contributed by atoms with Gasteiger partial charge < -0.3 is 39.3 Å². The van der Waals surface area contributed by atoms with Gasteiger partial charge in [0.15, 0.2) is 21.9 Å². The molecular weight excluding hydrogens is 825 g/mol. The van der Waals surface area contributed by atoms with Gasteiger partial charge in [-0.1, -0.05) is 38.1 Å². The van der Waals surface area contributed by atoms with E-state index in [9.17, 15) is 22.9 Å². The van der Waals surface area contributed by atoms with Crippen LogP contribution in [0.4, 0.5) is 11.4 Å². The Morgan fingerprint density at radius 3 is 2.49 bits per heavy atom. The van der Waals surface area contributed by atoms with Crippen LogP contribution in [0.1, 0.15) is 48.2 Å². The molecule has 2 saturated heterocycles. The van der Waals surface area contributed by atoms with E-state index in [2.05, 4.69) is 53.5 Å². The average Bonchev–Trinajstić information content (AvgIpc) is 3.78. The van der Waals surface area contributed by atoms with Gasteiger partial charge in [-0.2, -0.15) is 0 Å². The molecule has 16 nitrogen and oxygen atoms in total. The summed E-state index contributed by atoms with van der Waals surface area (Å²) in [6, 6.07) is 23.8. The first-order valence-electron chi connectivity index (χ1n) is 21.5. The van der Waals surface area contributed by atoms with E-state index in [-0.39, 0.29) is 40.8 Å². The average molecular weight is 879 g/mol. The Labute approximate surface area is 367 Å². The number of piperazine rings is 1. The van der Waals surface area contributed by atoms with Gasteiger partial charge in [0.1, 0.15) is 23.0 Å². The van der Waals surface area contributed by atoms with Gasteiger partial charge >= 0.3 is 0 Å². The molecule has 0 bridgehead atoms. The van der Waals surface area contributed by atoms with Crippen LogP contribution in [0.2, 0.25) is 0 Å². The Bertz CT molecular complexity index is 2500. The summed E-state index contributed by atoms with van der Waals surface area (Å²) in [5.41, 5.74) is 4.89. The molecule has 2 aromatic heterocycles. The number of amides is 2. The molecule has 0 unspecified atom stereocenters. The van der Waals surface area contributed by atoms with E-state index in [0.717, 1.165) is 50.0 Å². The lowest BCUT2D eigenvalue weighted by atomic mass is 9.92. The number of nitrogens with one attached hydrogen (secondary N) is 2. The minimum Gasteiger partial charge on any atom is -0.455 e. The standard InChI is InChI=1S/C46H54N8O8S/c1-32(2)46(56)54-28-36-6-4-3-5-34(36)23-39(54)29-51-17-19-52(20-18-51)38-9-12-42(43(25-38)62-40-24-35-13-16-47-44(35)48-26-40)45(55)49-30-63(58,59)41-10-7-37(8-11-41)53(31-61-50-57)27-33-14-21-60-22-15-33/h3-13,16,24-26,32-33,39H,14-15,17-23,27-31H2,1-2H3,(H,47,48)(H,49,55)/t39-/m1/s1. The number of benzene rings is 3. The highest BCUT2D eigenvalue weighted by Crippen LogP contribution is 2.33. The predicted octanol–water partition coefficient (Wildman–Crippen LogP) is 6.14. The van der Waals surface area contributed by atoms with E-state index in [4.69, 9.17) is 14.3 Å². The molecule has 5 heterocycles. The van der Waals surface area contributed by atoms with Gasteiger partial charge in [0.2, 0.25) is 5.91 Å². The Morgan fingerprint density at radius 2 is 1.75 bits per heavy atom. The molecule has 8 rings (SSSR count). The number of pyridine rings is 1. The first kappa shape index (κ1) is 43.6. The van der Waals surface area contributed by atoms with E-state index in [1.54, 1.807) is 30.6 Å². The Hall–Kier alpha value is -6.04. The quantitative estimate of drug-likeness (QED) is 0.0659. The third-order valence-corrected chi connectivity index (χ3v) is 13.7. The molecule has 3 aromatic carbocycles. The van der Waals surface area contributed by atoms with Crippen LogP contribution in [-0.4, -0.2) is 111 Å². The van der Waals surface area contributed by atoms with Crippen molar-refractivity contribution < 1.29 is 32.3 Å². The fourth-order valence-corrected chi connectivity index (χ4v) is 9.72. The first-order chi connectivity index (χ1) is 30.5. The van der Waals surface area contributed by atoms with Crippen molar-refractivity contribution in [2.75, 3.05) is 74.9 Å². The lowest BCUT2D eigenvalue weighted by Crippen LogP contribution is -2.55. The van der Waals surface area contributed by atoms with Crippen molar-refractivity contribution in [2.45, 2.75) is 50.6 Å². The molecule has 3 aliphatic rings. The Kier molecular flexibility index (Phi) is 13.5. The molecule has 5 aromatic rings. The highest BCUT2D eigenvalue weighted by Gasteiger charge is 2.33. The largest absolute Gasteiger partial charge is 0.455 e. The second-order valence-electron chi connectivity index (χ2n) is 16.8. The van der Waals surface area contributed by atoms with E-state index < -0.39 is 21.6 Å². The van der Waals surface area contributed by atoms with Crippen LogP contribution in [0.15, 0.2) is 101 Å². The fraction of sp³-hybridized carbons (Fsp3) is 0.413. The normalized spacial score (nSPS) is 17.3. The number of nitrogens with zero attached hydrogens (tertiary/aromatic N) is 6. The molecule has 2 fully saturated rings. The molecule has 63 heavy (non-hydrogen) atoms. The zero-order chi connectivity index (χ0) is 43.9. The number of sulfone groups is 1. The van der Waals surface area contributed by atoms with Gasteiger partial charge in [0.05, 0.1) is 16.7 Å². The van der Waals surface area contributed by atoms with E-state index in [1.807, 2.05) is 49.1 Å². The summed E-state index contributed by atoms with van der Waals surface area (Å²) in [7, 11) is -3.96. The number of hydrogen-bond acceptors (Lipinski definition) is 13. The number of carbonyl (C=O) groups excluding carboxylic acids is 2. The smallest absolute Gasteiger partial charge is 0.255 e. The van der Waals surface area contributed by atoms with Crippen molar-refractivity contribution in [3.63, 3.8) is 0 Å². The molecule has 0 saturated carbocycles. The number of carbonyl (C=O) groups is 2. The second kappa shape index (κ2) is 19.6. The Balaban J connectivity index is 0.950.